The zero-order valence-corrected chi connectivity index (χ0v) is 12.2. The number of aromatic amines is 1. The normalized spacial score (nSPS) is 11.2. The van der Waals surface area contributed by atoms with E-state index in [1.807, 2.05) is 6.07 Å². The van der Waals surface area contributed by atoms with Crippen LogP contribution in [0.25, 0.3) is 10.7 Å². The van der Waals surface area contributed by atoms with Crippen LogP contribution in [0.5, 0.6) is 0 Å². The van der Waals surface area contributed by atoms with Gasteiger partial charge in [0.25, 0.3) is 0 Å². The predicted molar refractivity (Wildman–Crippen MR) is 73.3 cm³/mol. The van der Waals surface area contributed by atoms with Gasteiger partial charge in [0, 0.05) is 6.54 Å². The summed E-state index contributed by atoms with van der Waals surface area (Å²) in [4.78, 5) is 1.12. The Kier molecular flexibility index (Phi) is 3.61. The molecule has 2 aromatic rings. The van der Waals surface area contributed by atoms with Crippen molar-refractivity contribution in [2.24, 2.45) is 5.92 Å². The van der Waals surface area contributed by atoms with Crippen LogP contribution in [0.3, 0.4) is 0 Å². The lowest BCUT2D eigenvalue weighted by molar-refractivity contribution is 0.522. The molecule has 0 saturated carbocycles. The molecule has 0 aromatic carbocycles. The largest absolute Gasteiger partial charge is 0.299 e. The van der Waals surface area contributed by atoms with Gasteiger partial charge in [-0.25, -0.2) is 0 Å². The smallest absolute Gasteiger partial charge is 0.195 e. The number of halogens is 1. The molecule has 0 amide bonds. The molecule has 0 spiro atoms. The zero-order valence-electron chi connectivity index (χ0n) is 9.03. The van der Waals surface area contributed by atoms with Crippen LogP contribution in [0.2, 0.25) is 0 Å². The number of H-pyrrole nitrogens is 1. The Morgan fingerprint density at radius 1 is 1.56 bits per heavy atom. The highest BCUT2D eigenvalue weighted by molar-refractivity contribution is 9.11. The standard InChI is InChI=1S/C10H12BrN3S2/c1-6(2)5-14-9(12-13-10(14)15)7-3-4-8(11)16-7/h3-4,6H,5H2,1-2H3,(H,13,15). The highest BCUT2D eigenvalue weighted by Crippen LogP contribution is 2.30. The van der Waals surface area contributed by atoms with E-state index in [0.717, 1.165) is 21.0 Å². The van der Waals surface area contributed by atoms with Gasteiger partial charge in [-0.2, -0.15) is 5.10 Å². The minimum absolute atomic E-state index is 0.548. The van der Waals surface area contributed by atoms with Crippen molar-refractivity contribution >= 4 is 39.5 Å². The van der Waals surface area contributed by atoms with Gasteiger partial charge in [-0.3, -0.25) is 9.67 Å². The summed E-state index contributed by atoms with van der Waals surface area (Å²) in [5.41, 5.74) is 0. The van der Waals surface area contributed by atoms with E-state index in [1.165, 1.54) is 0 Å². The van der Waals surface area contributed by atoms with Gasteiger partial charge < -0.3 is 0 Å². The van der Waals surface area contributed by atoms with Crippen LogP contribution >= 0.6 is 39.5 Å². The molecule has 2 aromatic heterocycles. The van der Waals surface area contributed by atoms with E-state index >= 15 is 0 Å². The molecule has 1 N–H and O–H groups in total. The summed E-state index contributed by atoms with van der Waals surface area (Å²) in [6, 6.07) is 4.08. The SMILES string of the molecule is CC(C)Cn1c(-c2ccc(Br)s2)n[nH]c1=S. The van der Waals surface area contributed by atoms with Gasteiger partial charge in [0.05, 0.1) is 8.66 Å². The maximum absolute atomic E-state index is 5.24. The molecule has 0 fully saturated rings. The van der Waals surface area contributed by atoms with Crippen LogP contribution < -0.4 is 0 Å². The Bertz CT molecular complexity index is 538. The maximum atomic E-state index is 5.24. The Balaban J connectivity index is 2.45. The number of aromatic nitrogens is 3. The number of thiophene rings is 1. The van der Waals surface area contributed by atoms with Crippen molar-refractivity contribution in [1.82, 2.24) is 14.8 Å². The monoisotopic (exact) mass is 317 g/mol. The molecule has 3 nitrogen and oxygen atoms in total. The van der Waals surface area contributed by atoms with Crippen LogP contribution in [0.15, 0.2) is 15.9 Å². The maximum Gasteiger partial charge on any atom is 0.195 e. The second-order valence-corrected chi connectivity index (χ2v) is 6.81. The molecule has 0 unspecified atom stereocenters. The van der Waals surface area contributed by atoms with E-state index in [4.69, 9.17) is 12.2 Å². The van der Waals surface area contributed by atoms with Crippen molar-refractivity contribution in [3.63, 3.8) is 0 Å². The first kappa shape index (κ1) is 12.0. The van der Waals surface area contributed by atoms with E-state index in [2.05, 4.69) is 50.6 Å². The molecule has 2 rings (SSSR count). The fourth-order valence-corrected chi connectivity index (χ4v) is 3.07. The van der Waals surface area contributed by atoms with Gasteiger partial charge in [0.15, 0.2) is 10.6 Å². The lowest BCUT2D eigenvalue weighted by atomic mass is 10.2. The Morgan fingerprint density at radius 2 is 2.31 bits per heavy atom. The van der Waals surface area contributed by atoms with Crippen LogP contribution in [0.1, 0.15) is 13.8 Å². The number of nitrogens with zero attached hydrogens (tertiary/aromatic N) is 2. The average molecular weight is 318 g/mol. The first-order valence-corrected chi connectivity index (χ1v) is 7.00. The summed E-state index contributed by atoms with van der Waals surface area (Å²) < 4.78 is 3.85. The third-order valence-corrected chi connectivity index (χ3v) is 4.03. The Hall–Kier alpha value is -0.460. The number of hydrogen-bond donors (Lipinski definition) is 1. The van der Waals surface area contributed by atoms with Gasteiger partial charge >= 0.3 is 0 Å². The van der Waals surface area contributed by atoms with Gasteiger partial charge in [-0.15, -0.1) is 11.3 Å². The molecule has 0 aliphatic carbocycles. The lowest BCUT2D eigenvalue weighted by Crippen LogP contribution is -2.05. The number of nitrogens with one attached hydrogen (secondary N) is 1. The summed E-state index contributed by atoms with van der Waals surface area (Å²) in [7, 11) is 0. The van der Waals surface area contributed by atoms with Gasteiger partial charge in [-0.05, 0) is 46.2 Å². The van der Waals surface area contributed by atoms with Crippen LogP contribution in [0, 0.1) is 10.7 Å². The molecule has 16 heavy (non-hydrogen) atoms. The Morgan fingerprint density at radius 3 is 2.88 bits per heavy atom. The average Bonchev–Trinajstić information content (AvgIpc) is 2.75. The van der Waals surface area contributed by atoms with E-state index < -0.39 is 0 Å². The van der Waals surface area contributed by atoms with Crippen molar-refractivity contribution in [3.05, 3.63) is 20.7 Å². The molecular formula is C10H12BrN3S2. The first-order valence-electron chi connectivity index (χ1n) is 4.99. The molecule has 2 heterocycles. The van der Waals surface area contributed by atoms with Crippen molar-refractivity contribution in [3.8, 4) is 10.7 Å². The summed E-state index contributed by atoms with van der Waals surface area (Å²) in [6.07, 6.45) is 0. The third kappa shape index (κ3) is 2.44. The first-order chi connectivity index (χ1) is 7.58. The van der Waals surface area contributed by atoms with E-state index in [1.54, 1.807) is 11.3 Å². The summed E-state index contributed by atoms with van der Waals surface area (Å²) in [6.45, 7) is 5.23. The van der Waals surface area contributed by atoms with E-state index in [0.29, 0.717) is 10.7 Å². The summed E-state index contributed by atoms with van der Waals surface area (Å²) in [5.74, 6) is 1.47. The van der Waals surface area contributed by atoms with Crippen molar-refractivity contribution in [1.29, 1.82) is 0 Å². The molecule has 86 valence electrons. The lowest BCUT2D eigenvalue weighted by Gasteiger charge is -2.07. The predicted octanol–water partition coefficient (Wildman–Crippen LogP) is 4.09. The number of rotatable bonds is 3. The van der Waals surface area contributed by atoms with Crippen molar-refractivity contribution in [2.45, 2.75) is 20.4 Å². The molecular weight excluding hydrogens is 306 g/mol. The second kappa shape index (κ2) is 4.81. The highest BCUT2D eigenvalue weighted by Gasteiger charge is 2.11. The van der Waals surface area contributed by atoms with Gasteiger partial charge in [-0.1, -0.05) is 13.8 Å². The quantitative estimate of drug-likeness (QED) is 0.865. The summed E-state index contributed by atoms with van der Waals surface area (Å²) in [5, 5.41) is 7.15. The number of hydrogen-bond acceptors (Lipinski definition) is 3. The minimum Gasteiger partial charge on any atom is -0.299 e. The molecule has 0 bridgehead atoms. The van der Waals surface area contributed by atoms with Crippen LogP contribution in [-0.4, -0.2) is 14.8 Å². The van der Waals surface area contributed by atoms with Crippen LogP contribution in [-0.2, 0) is 6.54 Å². The van der Waals surface area contributed by atoms with Crippen molar-refractivity contribution < 1.29 is 0 Å². The highest BCUT2D eigenvalue weighted by atomic mass is 79.9. The fourth-order valence-electron chi connectivity index (χ4n) is 1.47. The molecule has 0 saturated heterocycles. The Labute approximate surface area is 112 Å². The topological polar surface area (TPSA) is 33.6 Å². The fraction of sp³-hybridized carbons (Fsp3) is 0.400. The molecule has 0 atom stereocenters. The molecule has 0 aliphatic heterocycles. The van der Waals surface area contributed by atoms with Gasteiger partial charge in [0.1, 0.15) is 0 Å². The van der Waals surface area contributed by atoms with Crippen LogP contribution in [0.4, 0.5) is 0 Å². The second-order valence-electron chi connectivity index (χ2n) is 3.96. The summed E-state index contributed by atoms with van der Waals surface area (Å²) >= 11 is 10.4. The van der Waals surface area contributed by atoms with E-state index in [9.17, 15) is 0 Å². The zero-order chi connectivity index (χ0) is 11.7. The molecule has 0 aliphatic rings. The third-order valence-electron chi connectivity index (χ3n) is 2.10. The van der Waals surface area contributed by atoms with Gasteiger partial charge in [0.2, 0.25) is 0 Å². The minimum atomic E-state index is 0.548. The molecule has 6 heteroatoms. The van der Waals surface area contributed by atoms with E-state index in [-0.39, 0.29) is 0 Å². The molecule has 0 radical (unpaired) electrons. The van der Waals surface area contributed by atoms with Crippen molar-refractivity contribution in [2.75, 3.05) is 0 Å².